The lowest BCUT2D eigenvalue weighted by atomic mass is 10.0. The molecule has 2 N–H and O–H groups in total. The third-order valence-electron chi connectivity index (χ3n) is 3.96. The molecule has 0 aliphatic rings. The number of hydrogen-bond donors (Lipinski definition) is 2. The fraction of sp³-hybridized carbons (Fsp3) is 0.368. The molecule has 2 rings (SSSR count). The molecule has 0 saturated carbocycles. The van der Waals surface area contributed by atoms with E-state index in [2.05, 4.69) is 6.92 Å². The lowest BCUT2D eigenvalue weighted by Gasteiger charge is -2.14. The van der Waals surface area contributed by atoms with Gasteiger partial charge in [-0.15, -0.1) is 0 Å². The van der Waals surface area contributed by atoms with E-state index in [0.717, 1.165) is 31.7 Å². The second-order valence-corrected chi connectivity index (χ2v) is 7.40. The van der Waals surface area contributed by atoms with Crippen LogP contribution in [-0.4, -0.2) is 18.1 Å². The summed E-state index contributed by atoms with van der Waals surface area (Å²) in [6.07, 6.45) is 5.90. The van der Waals surface area contributed by atoms with Crippen LogP contribution in [0.5, 0.6) is 17.2 Å². The van der Waals surface area contributed by atoms with Gasteiger partial charge in [-0.05, 0) is 25.0 Å². The van der Waals surface area contributed by atoms with Gasteiger partial charge in [-0.3, -0.25) is 4.55 Å². The summed E-state index contributed by atoms with van der Waals surface area (Å²) >= 11 is 0. The molecule has 0 amide bonds. The Morgan fingerprint density at radius 1 is 1.00 bits per heavy atom. The van der Waals surface area contributed by atoms with Crippen LogP contribution in [0.2, 0.25) is 0 Å². The molecule has 0 atom stereocenters. The van der Waals surface area contributed by atoms with Crippen molar-refractivity contribution in [3.8, 4) is 17.2 Å². The van der Waals surface area contributed by atoms with Gasteiger partial charge in [0.15, 0.2) is 0 Å². The zero-order valence-corrected chi connectivity index (χ0v) is 15.1. The molecule has 2 aromatic rings. The van der Waals surface area contributed by atoms with Gasteiger partial charge in [0.05, 0.1) is 0 Å². The number of para-hydroxylation sites is 1. The van der Waals surface area contributed by atoms with Gasteiger partial charge in [0.2, 0.25) is 0 Å². The van der Waals surface area contributed by atoms with Crippen LogP contribution in [0.3, 0.4) is 0 Å². The average molecular weight is 364 g/mol. The first-order valence-electron chi connectivity index (χ1n) is 8.48. The number of aromatic hydroxyl groups is 1. The molecule has 0 bridgehead atoms. The fourth-order valence-electron chi connectivity index (χ4n) is 2.62. The van der Waals surface area contributed by atoms with Crippen LogP contribution < -0.4 is 4.74 Å². The maximum atomic E-state index is 11.4. The molecule has 0 unspecified atom stereocenters. The maximum Gasteiger partial charge on any atom is 0.294 e. The van der Waals surface area contributed by atoms with Crippen LogP contribution >= 0.6 is 0 Å². The smallest absolute Gasteiger partial charge is 0.294 e. The minimum atomic E-state index is -4.43. The van der Waals surface area contributed by atoms with E-state index in [4.69, 9.17) is 4.74 Å². The molecule has 0 heterocycles. The van der Waals surface area contributed by atoms with Crippen LogP contribution in [0.1, 0.15) is 44.6 Å². The highest BCUT2D eigenvalue weighted by Gasteiger charge is 2.18. The summed E-state index contributed by atoms with van der Waals surface area (Å²) in [4.78, 5) is -0.384. The van der Waals surface area contributed by atoms with E-state index in [0.29, 0.717) is 17.7 Å². The second kappa shape index (κ2) is 8.87. The molecular weight excluding hydrogens is 340 g/mol. The Balaban J connectivity index is 2.29. The molecule has 0 fully saturated rings. The van der Waals surface area contributed by atoms with Crippen LogP contribution in [0.25, 0.3) is 0 Å². The number of phenolic OH excluding ortho intramolecular Hbond substituents is 1. The summed E-state index contributed by atoms with van der Waals surface area (Å²) in [5.74, 6) is 0.590. The molecule has 0 saturated heterocycles. The second-order valence-electron chi connectivity index (χ2n) is 5.97. The summed E-state index contributed by atoms with van der Waals surface area (Å²) in [6.45, 7) is 2.14. The molecule has 6 heteroatoms. The van der Waals surface area contributed by atoms with Crippen molar-refractivity contribution in [2.75, 3.05) is 0 Å². The molecule has 5 nitrogen and oxygen atoms in total. The standard InChI is InChI=1S/C19H24O5S/c1-2-3-4-5-9-12-17-18(20)13-16(25(21,22)23)14-19(17)24-15-10-7-6-8-11-15/h6-8,10-11,13-14,20H,2-5,9,12H2,1H3,(H,21,22,23). The lowest BCUT2D eigenvalue weighted by Crippen LogP contribution is -2.01. The normalized spacial score (nSPS) is 11.4. The largest absolute Gasteiger partial charge is 0.507 e. The quantitative estimate of drug-likeness (QED) is 0.486. The lowest BCUT2D eigenvalue weighted by molar-refractivity contribution is 0.434. The van der Waals surface area contributed by atoms with Crippen molar-refractivity contribution in [1.82, 2.24) is 0 Å². The monoisotopic (exact) mass is 364 g/mol. The van der Waals surface area contributed by atoms with Crippen molar-refractivity contribution in [1.29, 1.82) is 0 Å². The van der Waals surface area contributed by atoms with Crippen molar-refractivity contribution in [2.45, 2.75) is 50.3 Å². The zero-order chi connectivity index (χ0) is 18.3. The van der Waals surface area contributed by atoms with Gasteiger partial charge in [0, 0.05) is 17.7 Å². The van der Waals surface area contributed by atoms with Gasteiger partial charge in [0.25, 0.3) is 10.1 Å². The maximum absolute atomic E-state index is 11.4. The third kappa shape index (κ3) is 5.76. The summed E-state index contributed by atoms with van der Waals surface area (Å²) in [6, 6.07) is 11.2. The van der Waals surface area contributed by atoms with Gasteiger partial charge in [-0.25, -0.2) is 0 Å². The number of hydrogen-bond acceptors (Lipinski definition) is 4. The van der Waals surface area contributed by atoms with E-state index in [1.807, 2.05) is 6.07 Å². The van der Waals surface area contributed by atoms with Gasteiger partial charge in [-0.1, -0.05) is 50.8 Å². The fourth-order valence-corrected chi connectivity index (χ4v) is 3.13. The highest BCUT2D eigenvalue weighted by atomic mass is 32.2. The summed E-state index contributed by atoms with van der Waals surface area (Å²) in [5.41, 5.74) is 0.549. The molecule has 0 radical (unpaired) electrons. The molecule has 136 valence electrons. The Kier molecular flexibility index (Phi) is 6.84. The predicted molar refractivity (Wildman–Crippen MR) is 96.9 cm³/mol. The number of phenols is 1. The topological polar surface area (TPSA) is 83.8 Å². The van der Waals surface area contributed by atoms with E-state index in [-0.39, 0.29) is 16.4 Å². The Morgan fingerprint density at radius 2 is 1.68 bits per heavy atom. The van der Waals surface area contributed by atoms with E-state index in [1.165, 1.54) is 12.5 Å². The van der Waals surface area contributed by atoms with Crippen molar-refractivity contribution in [3.05, 3.63) is 48.0 Å². The minimum absolute atomic E-state index is 0.184. The summed E-state index contributed by atoms with van der Waals surface area (Å²) < 4.78 is 37.9. The van der Waals surface area contributed by atoms with Crippen LogP contribution in [0, 0.1) is 0 Å². The Morgan fingerprint density at radius 3 is 2.32 bits per heavy atom. The van der Waals surface area contributed by atoms with Gasteiger partial charge < -0.3 is 9.84 Å². The van der Waals surface area contributed by atoms with Gasteiger partial charge in [0.1, 0.15) is 22.1 Å². The van der Waals surface area contributed by atoms with Crippen molar-refractivity contribution in [2.24, 2.45) is 0 Å². The Bertz CT molecular complexity index is 785. The molecule has 0 aromatic heterocycles. The van der Waals surface area contributed by atoms with E-state index in [1.54, 1.807) is 24.3 Å². The molecule has 0 aliphatic carbocycles. The Labute approximate surface area is 149 Å². The number of ether oxygens (including phenoxy) is 1. The predicted octanol–water partition coefficient (Wildman–Crippen LogP) is 4.94. The van der Waals surface area contributed by atoms with E-state index < -0.39 is 10.1 Å². The average Bonchev–Trinajstić information content (AvgIpc) is 2.56. The van der Waals surface area contributed by atoms with E-state index in [9.17, 15) is 18.1 Å². The summed E-state index contributed by atoms with van der Waals surface area (Å²) in [7, 11) is -4.43. The van der Waals surface area contributed by atoms with Crippen LogP contribution in [0.4, 0.5) is 0 Å². The SMILES string of the molecule is CCCCCCCc1c(O)cc(S(=O)(=O)O)cc1Oc1ccccc1. The molecule has 0 spiro atoms. The highest BCUT2D eigenvalue weighted by Crippen LogP contribution is 2.35. The Hall–Kier alpha value is -2.05. The van der Waals surface area contributed by atoms with Crippen molar-refractivity contribution >= 4 is 10.1 Å². The van der Waals surface area contributed by atoms with Crippen molar-refractivity contribution < 1.29 is 22.8 Å². The number of rotatable bonds is 9. The highest BCUT2D eigenvalue weighted by molar-refractivity contribution is 7.85. The number of benzene rings is 2. The van der Waals surface area contributed by atoms with Crippen LogP contribution in [0.15, 0.2) is 47.4 Å². The van der Waals surface area contributed by atoms with Crippen molar-refractivity contribution in [3.63, 3.8) is 0 Å². The minimum Gasteiger partial charge on any atom is -0.507 e. The number of unbranched alkanes of at least 4 members (excludes halogenated alkanes) is 4. The first-order chi connectivity index (χ1) is 11.9. The molecule has 0 aliphatic heterocycles. The van der Waals surface area contributed by atoms with E-state index >= 15 is 0 Å². The van der Waals surface area contributed by atoms with Crippen LogP contribution in [-0.2, 0) is 16.5 Å². The first-order valence-corrected chi connectivity index (χ1v) is 9.92. The van der Waals surface area contributed by atoms with Gasteiger partial charge >= 0.3 is 0 Å². The molecular formula is C19H24O5S. The first kappa shape index (κ1) is 19.3. The van der Waals surface area contributed by atoms with Gasteiger partial charge in [-0.2, -0.15) is 8.42 Å². The molecule has 25 heavy (non-hydrogen) atoms. The third-order valence-corrected chi connectivity index (χ3v) is 4.79. The zero-order valence-electron chi connectivity index (χ0n) is 14.3. The summed E-state index contributed by atoms with van der Waals surface area (Å²) in [5, 5.41) is 10.3. The molecule has 2 aromatic carbocycles.